The van der Waals surface area contributed by atoms with E-state index in [2.05, 4.69) is 30.8 Å². The Kier molecular flexibility index (Phi) is 5.88. The number of benzene rings is 1. The number of carbonyl (C=O) groups excluding carboxylic acids is 2. The van der Waals surface area contributed by atoms with Gasteiger partial charge in [0.1, 0.15) is 5.82 Å². The minimum absolute atomic E-state index is 0.00918. The van der Waals surface area contributed by atoms with Crippen LogP contribution >= 0.6 is 0 Å². The normalized spacial score (nSPS) is 16.5. The molecule has 0 spiro atoms. The first-order valence-corrected chi connectivity index (χ1v) is 11.1. The zero-order valence-corrected chi connectivity index (χ0v) is 19.5. The van der Waals surface area contributed by atoms with Crippen LogP contribution in [0.3, 0.4) is 0 Å². The average molecular weight is 442 g/mol. The van der Waals surface area contributed by atoms with E-state index in [9.17, 15) is 14.0 Å². The number of fused-ring (bicyclic) bond motifs is 1. The molecule has 172 valence electrons. The Labute approximate surface area is 188 Å². The predicted molar refractivity (Wildman–Crippen MR) is 124 cm³/mol. The number of aromatic amines is 1. The fourth-order valence-corrected chi connectivity index (χ4v) is 5.08. The van der Waals surface area contributed by atoms with Crippen molar-refractivity contribution >= 4 is 23.3 Å². The summed E-state index contributed by atoms with van der Waals surface area (Å²) >= 11 is 0. The number of aromatic nitrogens is 1. The highest BCUT2D eigenvalue weighted by atomic mass is 19.1. The number of nitrogens with zero attached hydrogens (tertiary/aromatic N) is 4. The van der Waals surface area contributed by atoms with Gasteiger partial charge in [-0.25, -0.2) is 9.18 Å². The molecule has 0 bridgehead atoms. The number of nitrogens with one attached hydrogen (secondary N) is 1. The lowest BCUT2D eigenvalue weighted by Crippen LogP contribution is -2.48. The van der Waals surface area contributed by atoms with Gasteiger partial charge >= 0.3 is 6.03 Å². The number of urea groups is 1. The molecule has 3 heterocycles. The van der Waals surface area contributed by atoms with E-state index in [1.807, 2.05) is 4.90 Å². The van der Waals surface area contributed by atoms with Crippen LogP contribution in [-0.4, -0.2) is 67.0 Å². The van der Waals surface area contributed by atoms with Gasteiger partial charge in [0.2, 0.25) is 5.91 Å². The van der Waals surface area contributed by atoms with Crippen LogP contribution in [0.1, 0.15) is 35.4 Å². The number of carbonyl (C=O) groups is 2. The predicted octanol–water partition coefficient (Wildman–Crippen LogP) is 3.44. The number of aryl methyl sites for hydroxylation is 1. The molecule has 1 aromatic heterocycles. The van der Waals surface area contributed by atoms with Crippen LogP contribution in [0.2, 0.25) is 0 Å². The first-order valence-electron chi connectivity index (χ1n) is 11.1. The van der Waals surface area contributed by atoms with Crippen molar-refractivity contribution < 1.29 is 14.0 Å². The first kappa shape index (κ1) is 22.2. The number of rotatable bonds is 4. The molecule has 4 rings (SSSR count). The Bertz CT molecular complexity index is 1040. The molecule has 2 aromatic rings. The van der Waals surface area contributed by atoms with E-state index in [4.69, 9.17) is 0 Å². The van der Waals surface area contributed by atoms with Gasteiger partial charge < -0.3 is 24.6 Å². The lowest BCUT2D eigenvalue weighted by atomic mass is 10.0. The van der Waals surface area contributed by atoms with Crippen LogP contribution in [0, 0.1) is 19.7 Å². The van der Waals surface area contributed by atoms with Gasteiger partial charge in [-0.15, -0.1) is 0 Å². The maximum Gasteiger partial charge on any atom is 0.319 e. The Balaban J connectivity index is 1.49. The van der Waals surface area contributed by atoms with Crippen molar-refractivity contribution in [3.63, 3.8) is 0 Å². The van der Waals surface area contributed by atoms with Gasteiger partial charge in [0.25, 0.3) is 0 Å². The quantitative estimate of drug-likeness (QED) is 0.791. The highest BCUT2D eigenvalue weighted by Gasteiger charge is 2.31. The maximum atomic E-state index is 13.6. The number of amides is 3. The van der Waals surface area contributed by atoms with Crippen molar-refractivity contribution in [2.45, 2.75) is 45.7 Å². The highest BCUT2D eigenvalue weighted by molar-refractivity contribution is 6.01. The number of H-pyrrole nitrogens is 1. The van der Waals surface area contributed by atoms with Gasteiger partial charge in [0, 0.05) is 57.3 Å². The van der Waals surface area contributed by atoms with Crippen molar-refractivity contribution in [2.75, 3.05) is 44.0 Å². The third-order valence-electron chi connectivity index (χ3n) is 6.81. The van der Waals surface area contributed by atoms with Gasteiger partial charge in [-0.05, 0) is 56.0 Å². The van der Waals surface area contributed by atoms with E-state index in [-0.39, 0.29) is 24.2 Å². The molecule has 2 aliphatic rings. The molecule has 1 N–H and O–H groups in total. The molecule has 1 fully saturated rings. The Morgan fingerprint density at radius 2 is 1.88 bits per heavy atom. The molecule has 0 aliphatic carbocycles. The second-order valence-corrected chi connectivity index (χ2v) is 9.14. The molecule has 1 saturated heterocycles. The smallest absolute Gasteiger partial charge is 0.319 e. The molecule has 8 heteroatoms. The summed E-state index contributed by atoms with van der Waals surface area (Å²) in [7, 11) is 5.68. The standard InChI is InChI=1S/C24H32FN5O2/c1-15-20(14-30-21-7-6-18(25)12-17(21)13-22(30)31)26-16(2)23(15)28(5)19-8-10-29(11-9-19)24(32)27(3)4/h6-7,12,19,26H,8-11,13-14H2,1-5H3. The van der Waals surface area contributed by atoms with Crippen LogP contribution < -0.4 is 9.80 Å². The van der Waals surface area contributed by atoms with E-state index in [0.29, 0.717) is 12.6 Å². The number of likely N-dealkylation sites (tertiary alicyclic amines) is 1. The zero-order valence-electron chi connectivity index (χ0n) is 19.5. The summed E-state index contributed by atoms with van der Waals surface area (Å²) in [6, 6.07) is 4.96. The van der Waals surface area contributed by atoms with E-state index in [1.54, 1.807) is 30.0 Å². The number of hydrogen-bond donors (Lipinski definition) is 1. The summed E-state index contributed by atoms with van der Waals surface area (Å²) in [6.45, 7) is 6.07. The fraction of sp³-hybridized carbons (Fsp3) is 0.500. The Hall–Kier alpha value is -3.03. The molecule has 0 unspecified atom stereocenters. The van der Waals surface area contributed by atoms with Gasteiger partial charge in [0.05, 0.1) is 18.7 Å². The number of halogens is 1. The molecule has 2 aliphatic heterocycles. The van der Waals surface area contributed by atoms with Crippen molar-refractivity contribution in [1.82, 2.24) is 14.8 Å². The average Bonchev–Trinajstić information content (AvgIpc) is 3.21. The summed E-state index contributed by atoms with van der Waals surface area (Å²) in [5.74, 6) is -0.322. The highest BCUT2D eigenvalue weighted by Crippen LogP contribution is 2.35. The topological polar surface area (TPSA) is 62.9 Å². The summed E-state index contributed by atoms with van der Waals surface area (Å²) in [4.78, 5) is 35.9. The molecule has 0 radical (unpaired) electrons. The second kappa shape index (κ2) is 8.48. The van der Waals surface area contributed by atoms with Crippen molar-refractivity contribution in [2.24, 2.45) is 0 Å². The number of hydrogen-bond acceptors (Lipinski definition) is 3. The third kappa shape index (κ3) is 3.94. The summed E-state index contributed by atoms with van der Waals surface area (Å²) in [6.07, 6.45) is 2.07. The minimum atomic E-state index is -0.312. The molecule has 0 atom stereocenters. The van der Waals surface area contributed by atoms with Crippen LogP contribution in [0.25, 0.3) is 0 Å². The SMILES string of the molecule is Cc1[nH]c(CN2C(=O)Cc3cc(F)ccc32)c(C)c1N(C)C1CCN(C(=O)N(C)C)CC1. The van der Waals surface area contributed by atoms with Gasteiger partial charge in [0.15, 0.2) is 0 Å². The molecule has 32 heavy (non-hydrogen) atoms. The van der Waals surface area contributed by atoms with Crippen LogP contribution in [-0.2, 0) is 17.8 Å². The van der Waals surface area contributed by atoms with Gasteiger partial charge in [-0.2, -0.15) is 0 Å². The summed E-state index contributed by atoms with van der Waals surface area (Å²) in [5, 5.41) is 0. The van der Waals surface area contributed by atoms with Gasteiger partial charge in [-0.3, -0.25) is 4.79 Å². The maximum absolute atomic E-state index is 13.6. The monoisotopic (exact) mass is 441 g/mol. The van der Waals surface area contributed by atoms with Crippen LogP contribution in [0.15, 0.2) is 18.2 Å². The lowest BCUT2D eigenvalue weighted by molar-refractivity contribution is -0.117. The van der Waals surface area contributed by atoms with E-state index in [0.717, 1.165) is 59.8 Å². The molecule has 3 amide bonds. The van der Waals surface area contributed by atoms with Gasteiger partial charge in [-0.1, -0.05) is 0 Å². The van der Waals surface area contributed by atoms with Crippen molar-refractivity contribution in [3.8, 4) is 0 Å². The van der Waals surface area contributed by atoms with E-state index in [1.165, 1.54) is 12.1 Å². The lowest BCUT2D eigenvalue weighted by Gasteiger charge is -2.39. The molecule has 0 saturated carbocycles. The molecular formula is C24H32FN5O2. The Morgan fingerprint density at radius 1 is 1.19 bits per heavy atom. The van der Waals surface area contributed by atoms with Crippen molar-refractivity contribution in [3.05, 3.63) is 46.5 Å². The number of piperidine rings is 1. The Morgan fingerprint density at radius 3 is 2.53 bits per heavy atom. The molecule has 1 aromatic carbocycles. The third-order valence-corrected chi connectivity index (χ3v) is 6.81. The molecule has 7 nitrogen and oxygen atoms in total. The second-order valence-electron chi connectivity index (χ2n) is 9.14. The largest absolute Gasteiger partial charge is 0.370 e. The first-order chi connectivity index (χ1) is 15.2. The summed E-state index contributed by atoms with van der Waals surface area (Å²) < 4.78 is 13.6. The fourth-order valence-electron chi connectivity index (χ4n) is 5.08. The summed E-state index contributed by atoms with van der Waals surface area (Å²) in [5.41, 5.74) is 5.87. The zero-order chi connectivity index (χ0) is 23.2. The van der Waals surface area contributed by atoms with Crippen molar-refractivity contribution in [1.29, 1.82) is 0 Å². The minimum Gasteiger partial charge on any atom is -0.370 e. The number of anilines is 2. The molecular weight excluding hydrogens is 409 g/mol. The van der Waals surface area contributed by atoms with Crippen LogP contribution in [0.5, 0.6) is 0 Å². The van der Waals surface area contributed by atoms with E-state index >= 15 is 0 Å². The van der Waals surface area contributed by atoms with E-state index < -0.39 is 0 Å². The van der Waals surface area contributed by atoms with Crippen LogP contribution in [0.4, 0.5) is 20.6 Å².